The number of hydrogen-bond acceptors (Lipinski definition) is 4. The molecule has 0 atom stereocenters. The van der Waals surface area contributed by atoms with Crippen molar-refractivity contribution in [1.29, 1.82) is 0 Å². The van der Waals surface area contributed by atoms with Crippen LogP contribution in [0.3, 0.4) is 0 Å². The van der Waals surface area contributed by atoms with Crippen molar-refractivity contribution in [3.05, 3.63) is 17.4 Å². The van der Waals surface area contributed by atoms with Gasteiger partial charge in [-0.05, 0) is 13.0 Å². The highest BCUT2D eigenvalue weighted by atomic mass is 35.5. The van der Waals surface area contributed by atoms with Crippen LogP contribution in [0.4, 0.5) is 0 Å². The molecular weight excluding hydrogens is 178 g/mol. The molecule has 1 aromatic heterocycles. The van der Waals surface area contributed by atoms with Crippen molar-refractivity contribution in [3.8, 4) is 6.01 Å². The molecule has 4 nitrogen and oxygen atoms in total. The summed E-state index contributed by atoms with van der Waals surface area (Å²) in [4.78, 5) is 7.69. The van der Waals surface area contributed by atoms with Crippen LogP contribution in [0, 0.1) is 0 Å². The van der Waals surface area contributed by atoms with E-state index in [1.807, 2.05) is 0 Å². The molecule has 0 aliphatic heterocycles. The van der Waals surface area contributed by atoms with Gasteiger partial charge in [-0.25, -0.2) is 9.97 Å². The van der Waals surface area contributed by atoms with Gasteiger partial charge in [0.1, 0.15) is 0 Å². The molecule has 12 heavy (non-hydrogen) atoms. The van der Waals surface area contributed by atoms with Gasteiger partial charge in [0, 0.05) is 0 Å². The van der Waals surface area contributed by atoms with Gasteiger partial charge in [0.25, 0.3) is 0 Å². The summed E-state index contributed by atoms with van der Waals surface area (Å²) in [5.74, 6) is 0. The van der Waals surface area contributed by atoms with Crippen molar-refractivity contribution < 1.29 is 4.74 Å². The van der Waals surface area contributed by atoms with Gasteiger partial charge in [0.2, 0.25) is 0 Å². The highest BCUT2D eigenvalue weighted by molar-refractivity contribution is 6.30. The van der Waals surface area contributed by atoms with E-state index in [-0.39, 0.29) is 0 Å². The minimum Gasteiger partial charge on any atom is -0.463 e. The van der Waals surface area contributed by atoms with E-state index in [1.54, 1.807) is 0 Å². The molecule has 0 aliphatic rings. The largest absolute Gasteiger partial charge is 0.463 e. The van der Waals surface area contributed by atoms with Gasteiger partial charge in [0.15, 0.2) is 0 Å². The minimum atomic E-state index is 0.341. The molecule has 0 unspecified atom stereocenters. The summed E-state index contributed by atoms with van der Waals surface area (Å²) >= 11 is 5.57. The molecule has 0 aliphatic carbocycles. The summed E-state index contributed by atoms with van der Waals surface area (Å²) in [5.41, 5.74) is 5.27. The molecule has 1 aromatic rings. The third-order valence-corrected chi connectivity index (χ3v) is 1.37. The summed E-state index contributed by atoms with van der Waals surface area (Å²) in [7, 11) is 0. The normalized spacial score (nSPS) is 9.83. The quantitative estimate of drug-likeness (QED) is 0.711. The second-order valence-corrected chi connectivity index (χ2v) is 2.61. The van der Waals surface area contributed by atoms with Crippen LogP contribution in [-0.2, 0) is 0 Å². The van der Waals surface area contributed by atoms with Crippen LogP contribution in [0.5, 0.6) is 6.01 Å². The topological polar surface area (TPSA) is 61.0 Å². The maximum atomic E-state index is 5.57. The first-order valence-corrected chi connectivity index (χ1v) is 4.01. The molecule has 0 radical (unpaired) electrons. The number of nitrogens with two attached hydrogens (primary N) is 1. The standard InChI is InChI=1S/C7H10ClN3O/c8-6-4-10-7(11-5-6)12-3-1-2-9/h4-5H,1-3,9H2. The summed E-state index contributed by atoms with van der Waals surface area (Å²) in [6, 6.07) is 0.341. The Morgan fingerprint density at radius 1 is 1.42 bits per heavy atom. The predicted molar refractivity (Wildman–Crippen MR) is 46.2 cm³/mol. The van der Waals surface area contributed by atoms with Gasteiger partial charge >= 0.3 is 6.01 Å². The summed E-state index contributed by atoms with van der Waals surface area (Å²) in [5, 5.41) is 0.501. The fourth-order valence-electron chi connectivity index (χ4n) is 0.622. The number of nitrogens with zero attached hydrogens (tertiary/aromatic N) is 2. The minimum absolute atomic E-state index is 0.341. The van der Waals surface area contributed by atoms with Gasteiger partial charge in [-0.15, -0.1) is 0 Å². The van der Waals surface area contributed by atoms with Crippen LogP contribution in [0.15, 0.2) is 12.4 Å². The third kappa shape index (κ3) is 3.02. The number of hydrogen-bond donors (Lipinski definition) is 1. The van der Waals surface area contributed by atoms with Crippen molar-refractivity contribution in [2.24, 2.45) is 5.73 Å². The van der Waals surface area contributed by atoms with E-state index in [4.69, 9.17) is 22.1 Å². The molecule has 2 N–H and O–H groups in total. The van der Waals surface area contributed by atoms with Gasteiger partial charge < -0.3 is 10.5 Å². The molecule has 0 spiro atoms. The second kappa shape index (κ2) is 4.90. The van der Waals surface area contributed by atoms with Crippen LogP contribution in [0.2, 0.25) is 5.02 Å². The van der Waals surface area contributed by atoms with E-state index in [9.17, 15) is 0 Å². The molecular formula is C7H10ClN3O. The molecule has 0 saturated carbocycles. The van der Waals surface area contributed by atoms with E-state index in [1.165, 1.54) is 12.4 Å². The Kier molecular flexibility index (Phi) is 3.76. The molecule has 66 valence electrons. The summed E-state index contributed by atoms with van der Waals surface area (Å²) < 4.78 is 5.14. The molecule has 0 amide bonds. The van der Waals surface area contributed by atoms with Crippen molar-refractivity contribution in [3.63, 3.8) is 0 Å². The first kappa shape index (κ1) is 9.22. The Morgan fingerprint density at radius 2 is 2.08 bits per heavy atom. The molecule has 0 aromatic carbocycles. The average Bonchev–Trinajstić information content (AvgIpc) is 2.09. The van der Waals surface area contributed by atoms with Crippen LogP contribution < -0.4 is 10.5 Å². The number of aromatic nitrogens is 2. The summed E-state index contributed by atoms with van der Waals surface area (Å²) in [6.45, 7) is 1.14. The lowest BCUT2D eigenvalue weighted by molar-refractivity contribution is 0.289. The molecule has 0 saturated heterocycles. The van der Waals surface area contributed by atoms with Gasteiger partial charge in [0.05, 0.1) is 24.0 Å². The number of rotatable bonds is 4. The Morgan fingerprint density at radius 3 is 2.67 bits per heavy atom. The van der Waals surface area contributed by atoms with Crippen LogP contribution >= 0.6 is 11.6 Å². The van der Waals surface area contributed by atoms with Crippen molar-refractivity contribution in [2.75, 3.05) is 13.2 Å². The van der Waals surface area contributed by atoms with Gasteiger partial charge in [-0.2, -0.15) is 0 Å². The lowest BCUT2D eigenvalue weighted by Gasteiger charge is -2.01. The van der Waals surface area contributed by atoms with Crippen molar-refractivity contribution in [2.45, 2.75) is 6.42 Å². The van der Waals surface area contributed by atoms with E-state index in [2.05, 4.69) is 9.97 Å². The molecule has 0 bridgehead atoms. The number of halogens is 1. The Bertz CT molecular complexity index is 227. The van der Waals surface area contributed by atoms with Crippen molar-refractivity contribution >= 4 is 11.6 Å². The fourth-order valence-corrected chi connectivity index (χ4v) is 0.719. The highest BCUT2D eigenvalue weighted by Crippen LogP contribution is 2.06. The highest BCUT2D eigenvalue weighted by Gasteiger charge is 1.95. The van der Waals surface area contributed by atoms with E-state index in [0.29, 0.717) is 24.2 Å². The molecule has 1 rings (SSSR count). The average molecular weight is 188 g/mol. The van der Waals surface area contributed by atoms with Crippen LogP contribution in [0.25, 0.3) is 0 Å². The first-order chi connectivity index (χ1) is 5.83. The van der Waals surface area contributed by atoms with Crippen molar-refractivity contribution in [1.82, 2.24) is 9.97 Å². The fraction of sp³-hybridized carbons (Fsp3) is 0.429. The van der Waals surface area contributed by atoms with E-state index < -0.39 is 0 Å². The molecule has 5 heteroatoms. The zero-order chi connectivity index (χ0) is 8.81. The maximum Gasteiger partial charge on any atom is 0.316 e. The lowest BCUT2D eigenvalue weighted by atomic mass is 10.5. The summed E-state index contributed by atoms with van der Waals surface area (Å²) in [6.07, 6.45) is 3.78. The zero-order valence-electron chi connectivity index (χ0n) is 6.53. The zero-order valence-corrected chi connectivity index (χ0v) is 7.29. The Labute approximate surface area is 75.7 Å². The van der Waals surface area contributed by atoms with Gasteiger partial charge in [-0.3, -0.25) is 0 Å². The van der Waals surface area contributed by atoms with E-state index >= 15 is 0 Å². The smallest absolute Gasteiger partial charge is 0.316 e. The maximum absolute atomic E-state index is 5.57. The van der Waals surface area contributed by atoms with Crippen LogP contribution in [0.1, 0.15) is 6.42 Å². The van der Waals surface area contributed by atoms with Gasteiger partial charge in [-0.1, -0.05) is 11.6 Å². The lowest BCUT2D eigenvalue weighted by Crippen LogP contribution is -2.07. The molecule has 1 heterocycles. The van der Waals surface area contributed by atoms with Crippen LogP contribution in [-0.4, -0.2) is 23.1 Å². The third-order valence-electron chi connectivity index (χ3n) is 1.18. The SMILES string of the molecule is NCCCOc1ncc(Cl)cn1. The number of ether oxygens (including phenoxy) is 1. The predicted octanol–water partition coefficient (Wildman–Crippen LogP) is 0.858. The monoisotopic (exact) mass is 187 g/mol. The Balaban J connectivity index is 2.37. The Hall–Kier alpha value is -0.870. The van der Waals surface area contributed by atoms with E-state index in [0.717, 1.165) is 6.42 Å². The second-order valence-electron chi connectivity index (χ2n) is 2.17. The first-order valence-electron chi connectivity index (χ1n) is 3.63. The molecule has 0 fully saturated rings.